The lowest BCUT2D eigenvalue weighted by Gasteiger charge is -2.33. The molecule has 2 aromatic rings. The summed E-state index contributed by atoms with van der Waals surface area (Å²) in [4.78, 5) is 17.0. The first-order valence-corrected chi connectivity index (χ1v) is 10.3. The Morgan fingerprint density at radius 1 is 1.35 bits per heavy atom. The maximum Gasteiger partial charge on any atom is 0.262 e. The molecule has 1 saturated heterocycles. The van der Waals surface area contributed by atoms with Gasteiger partial charge < -0.3 is 9.88 Å². The van der Waals surface area contributed by atoms with Crippen LogP contribution in [-0.2, 0) is 27.3 Å². The lowest BCUT2D eigenvalue weighted by Crippen LogP contribution is -2.48. The van der Waals surface area contributed by atoms with E-state index in [1.165, 1.54) is 16.8 Å². The molecule has 2 aliphatic heterocycles. The van der Waals surface area contributed by atoms with E-state index in [0.717, 1.165) is 17.7 Å². The monoisotopic (exact) mass is 374 g/mol. The molecule has 26 heavy (non-hydrogen) atoms. The van der Waals surface area contributed by atoms with Gasteiger partial charge in [0.1, 0.15) is 0 Å². The number of para-hydroxylation sites is 1. The third-order valence-corrected chi connectivity index (χ3v) is 7.31. The molecule has 1 aromatic heterocycles. The molecule has 8 heteroatoms. The highest BCUT2D eigenvalue weighted by atomic mass is 32.2. The van der Waals surface area contributed by atoms with Gasteiger partial charge in [-0.2, -0.15) is 4.31 Å². The third-order valence-electron chi connectivity index (χ3n) is 5.52. The third kappa shape index (κ3) is 2.25. The summed E-state index contributed by atoms with van der Waals surface area (Å²) in [6.45, 7) is 2.32. The van der Waals surface area contributed by atoms with Gasteiger partial charge in [0.15, 0.2) is 5.03 Å². The van der Waals surface area contributed by atoms with Crippen LogP contribution < -0.4 is 5.32 Å². The Labute approximate surface area is 153 Å². The predicted octanol–water partition coefficient (Wildman–Crippen LogP) is 1.87. The Morgan fingerprint density at radius 3 is 2.81 bits per heavy atom. The SMILES string of the molecule is CCC[C@@H]1N(S(=O)(=O)c2cn(C)cn2)CC[C@]12C(=O)Nc1ccccc12. The molecule has 138 valence electrons. The van der Waals surface area contributed by atoms with E-state index in [9.17, 15) is 13.2 Å². The lowest BCUT2D eigenvalue weighted by molar-refractivity contribution is -0.121. The van der Waals surface area contributed by atoms with Crippen molar-refractivity contribution >= 4 is 21.6 Å². The van der Waals surface area contributed by atoms with Crippen molar-refractivity contribution in [1.29, 1.82) is 0 Å². The minimum atomic E-state index is -3.76. The van der Waals surface area contributed by atoms with Gasteiger partial charge in [-0.25, -0.2) is 13.4 Å². The summed E-state index contributed by atoms with van der Waals surface area (Å²) in [5.74, 6) is -0.101. The largest absolute Gasteiger partial charge is 0.339 e. The summed E-state index contributed by atoms with van der Waals surface area (Å²) in [5.41, 5.74) is 0.868. The zero-order valence-corrected chi connectivity index (χ0v) is 15.7. The zero-order chi connectivity index (χ0) is 18.5. The topological polar surface area (TPSA) is 84.3 Å². The lowest BCUT2D eigenvalue weighted by atomic mass is 9.74. The number of carbonyl (C=O) groups is 1. The standard InChI is InChI=1S/C18H22N4O3S/c1-3-6-15-18(13-7-4-5-8-14(13)20-17(18)23)9-10-22(15)26(24,25)16-11-21(2)12-19-16/h4-5,7-8,11-12,15H,3,6,9-10H2,1-2H3,(H,20,23)/t15-,18+/m0/s1. The molecule has 1 spiro atoms. The van der Waals surface area contributed by atoms with Crippen LogP contribution in [0.25, 0.3) is 0 Å². The van der Waals surface area contributed by atoms with E-state index < -0.39 is 21.5 Å². The minimum absolute atomic E-state index is 0.0323. The molecule has 4 rings (SSSR count). The quantitative estimate of drug-likeness (QED) is 0.885. The fraction of sp³-hybridized carbons (Fsp3) is 0.444. The first-order chi connectivity index (χ1) is 12.4. The van der Waals surface area contributed by atoms with E-state index in [0.29, 0.717) is 19.4 Å². The van der Waals surface area contributed by atoms with Crippen LogP contribution in [0.5, 0.6) is 0 Å². The van der Waals surface area contributed by atoms with Crippen molar-refractivity contribution in [1.82, 2.24) is 13.9 Å². The molecule has 0 bridgehead atoms. The van der Waals surface area contributed by atoms with Crippen molar-refractivity contribution in [2.45, 2.75) is 42.7 Å². The molecule has 2 aliphatic rings. The molecular formula is C18H22N4O3S. The van der Waals surface area contributed by atoms with Crippen molar-refractivity contribution < 1.29 is 13.2 Å². The summed E-state index contributed by atoms with van der Waals surface area (Å²) in [7, 11) is -2.02. The number of imidazole rings is 1. The summed E-state index contributed by atoms with van der Waals surface area (Å²) in [5, 5.41) is 2.99. The Bertz CT molecular complexity index is 968. The molecule has 3 heterocycles. The molecule has 0 saturated carbocycles. The van der Waals surface area contributed by atoms with Gasteiger partial charge in [0.25, 0.3) is 10.0 Å². The first kappa shape index (κ1) is 17.2. The number of anilines is 1. The highest BCUT2D eigenvalue weighted by Gasteiger charge is 2.59. The van der Waals surface area contributed by atoms with Gasteiger partial charge in [0, 0.05) is 31.5 Å². The number of aryl methyl sites for hydroxylation is 1. The van der Waals surface area contributed by atoms with Gasteiger partial charge in [-0.05, 0) is 24.5 Å². The second kappa shape index (κ2) is 5.92. The maximum absolute atomic E-state index is 13.2. The molecular weight excluding hydrogens is 352 g/mol. The Morgan fingerprint density at radius 2 is 2.12 bits per heavy atom. The van der Waals surface area contributed by atoms with Crippen molar-refractivity contribution in [2.75, 3.05) is 11.9 Å². The number of benzene rings is 1. The molecule has 1 aromatic carbocycles. The number of aromatic nitrogens is 2. The van der Waals surface area contributed by atoms with E-state index in [-0.39, 0.29) is 10.9 Å². The Kier molecular flexibility index (Phi) is 3.92. The average Bonchev–Trinajstić information content (AvgIpc) is 3.28. The highest BCUT2D eigenvalue weighted by Crippen LogP contribution is 2.50. The van der Waals surface area contributed by atoms with E-state index in [1.54, 1.807) is 11.6 Å². The maximum atomic E-state index is 13.2. The van der Waals surface area contributed by atoms with E-state index in [2.05, 4.69) is 10.3 Å². The van der Waals surface area contributed by atoms with Crippen molar-refractivity contribution in [3.05, 3.63) is 42.4 Å². The molecule has 1 N–H and O–H groups in total. The van der Waals surface area contributed by atoms with Crippen LogP contribution in [0.2, 0.25) is 0 Å². The molecule has 2 atom stereocenters. The van der Waals surface area contributed by atoms with Gasteiger partial charge in [0.05, 0.1) is 11.7 Å². The van der Waals surface area contributed by atoms with E-state index in [1.807, 2.05) is 31.2 Å². The summed E-state index contributed by atoms with van der Waals surface area (Å²) in [6, 6.07) is 7.18. The number of amides is 1. The second-order valence-electron chi connectivity index (χ2n) is 7.02. The summed E-state index contributed by atoms with van der Waals surface area (Å²) < 4.78 is 29.5. The van der Waals surface area contributed by atoms with E-state index >= 15 is 0 Å². The van der Waals surface area contributed by atoms with Gasteiger partial charge in [0.2, 0.25) is 5.91 Å². The number of nitrogens with one attached hydrogen (secondary N) is 1. The van der Waals surface area contributed by atoms with Crippen LogP contribution in [0, 0.1) is 0 Å². The molecule has 0 aliphatic carbocycles. The van der Waals surface area contributed by atoms with Crippen molar-refractivity contribution in [3.8, 4) is 0 Å². The van der Waals surface area contributed by atoms with E-state index in [4.69, 9.17) is 0 Å². The van der Waals surface area contributed by atoms with Gasteiger partial charge in [-0.15, -0.1) is 0 Å². The van der Waals surface area contributed by atoms with Gasteiger partial charge >= 0.3 is 0 Å². The number of nitrogens with zero attached hydrogens (tertiary/aromatic N) is 3. The number of rotatable bonds is 4. The van der Waals surface area contributed by atoms with Crippen LogP contribution >= 0.6 is 0 Å². The van der Waals surface area contributed by atoms with Crippen LogP contribution in [-0.4, -0.2) is 40.8 Å². The molecule has 7 nitrogen and oxygen atoms in total. The number of hydrogen-bond donors (Lipinski definition) is 1. The Hall–Kier alpha value is -2.19. The van der Waals surface area contributed by atoms with Crippen LogP contribution in [0.4, 0.5) is 5.69 Å². The minimum Gasteiger partial charge on any atom is -0.339 e. The fourth-order valence-electron chi connectivity index (χ4n) is 4.36. The van der Waals surface area contributed by atoms with Crippen molar-refractivity contribution in [3.63, 3.8) is 0 Å². The first-order valence-electron chi connectivity index (χ1n) is 8.82. The normalized spacial score (nSPS) is 25.6. The van der Waals surface area contributed by atoms with Gasteiger partial charge in [-0.1, -0.05) is 31.5 Å². The second-order valence-corrected chi connectivity index (χ2v) is 8.86. The van der Waals surface area contributed by atoms with Crippen LogP contribution in [0.15, 0.2) is 41.8 Å². The molecule has 0 radical (unpaired) electrons. The summed E-state index contributed by atoms with van der Waals surface area (Å²) in [6.07, 6.45) is 4.87. The fourth-order valence-corrected chi connectivity index (χ4v) is 6.04. The molecule has 0 unspecified atom stereocenters. The number of fused-ring (bicyclic) bond motifs is 2. The highest BCUT2D eigenvalue weighted by molar-refractivity contribution is 7.89. The zero-order valence-electron chi connectivity index (χ0n) is 14.8. The molecule has 1 amide bonds. The number of sulfonamides is 1. The van der Waals surface area contributed by atoms with Crippen molar-refractivity contribution in [2.24, 2.45) is 7.05 Å². The van der Waals surface area contributed by atoms with Crippen LogP contribution in [0.1, 0.15) is 31.7 Å². The average molecular weight is 374 g/mol. The number of carbonyl (C=O) groups excluding carboxylic acids is 1. The smallest absolute Gasteiger partial charge is 0.262 e. The summed E-state index contributed by atoms with van der Waals surface area (Å²) >= 11 is 0. The Balaban J connectivity index is 1.82. The van der Waals surface area contributed by atoms with Crippen LogP contribution in [0.3, 0.4) is 0 Å². The van der Waals surface area contributed by atoms with Gasteiger partial charge in [-0.3, -0.25) is 4.79 Å². The predicted molar refractivity (Wildman–Crippen MR) is 97.2 cm³/mol. The number of hydrogen-bond acceptors (Lipinski definition) is 4. The molecule has 1 fully saturated rings.